The van der Waals surface area contributed by atoms with Crippen LogP contribution in [0.4, 0.5) is 0 Å². The summed E-state index contributed by atoms with van der Waals surface area (Å²) >= 11 is 4.24. The molecule has 0 aromatic heterocycles. The third-order valence-corrected chi connectivity index (χ3v) is 3.23. The minimum atomic E-state index is -0.178. The van der Waals surface area contributed by atoms with Gasteiger partial charge in [0.05, 0.1) is 5.25 Å². The van der Waals surface area contributed by atoms with Gasteiger partial charge in [-0.15, -0.1) is 0 Å². The highest BCUT2D eigenvalue weighted by Gasteiger charge is 2.27. The lowest BCUT2D eigenvalue weighted by molar-refractivity contribution is -0.132. The van der Waals surface area contributed by atoms with E-state index in [1.807, 2.05) is 11.8 Å². The zero-order chi connectivity index (χ0) is 11.4. The van der Waals surface area contributed by atoms with Crippen LogP contribution in [-0.4, -0.2) is 53.7 Å². The lowest BCUT2D eigenvalue weighted by atomic mass is 10.1. The van der Waals surface area contributed by atoms with Gasteiger partial charge in [0.15, 0.2) is 0 Å². The number of carbonyl (C=O) groups excluding carboxylic acids is 1. The zero-order valence-corrected chi connectivity index (χ0v) is 10.8. The van der Waals surface area contributed by atoms with E-state index in [1.165, 1.54) is 0 Å². The van der Waals surface area contributed by atoms with Crippen LogP contribution in [0.25, 0.3) is 0 Å². The van der Waals surface area contributed by atoms with E-state index in [4.69, 9.17) is 0 Å². The molecule has 0 aliphatic carbocycles. The molecule has 1 aliphatic rings. The fourth-order valence-electron chi connectivity index (χ4n) is 2.12. The molecule has 4 heteroatoms. The number of amides is 1. The Balaban J connectivity index is 2.70. The van der Waals surface area contributed by atoms with Gasteiger partial charge in [0.2, 0.25) is 5.91 Å². The van der Waals surface area contributed by atoms with Gasteiger partial charge in [0.1, 0.15) is 0 Å². The molecule has 1 rings (SSSR count). The van der Waals surface area contributed by atoms with Gasteiger partial charge in [-0.1, -0.05) is 6.92 Å². The van der Waals surface area contributed by atoms with Crippen molar-refractivity contribution >= 4 is 18.5 Å². The topological polar surface area (TPSA) is 23.6 Å². The molecule has 1 fully saturated rings. The summed E-state index contributed by atoms with van der Waals surface area (Å²) in [5.74, 6) is 0.181. The molecule has 0 aromatic rings. The van der Waals surface area contributed by atoms with Crippen molar-refractivity contribution in [3.05, 3.63) is 0 Å². The Labute approximate surface area is 98.2 Å². The minimum absolute atomic E-state index is 0.178. The van der Waals surface area contributed by atoms with Crippen molar-refractivity contribution in [2.24, 2.45) is 0 Å². The predicted molar refractivity (Wildman–Crippen MR) is 66.4 cm³/mol. The molecule has 2 atom stereocenters. The van der Waals surface area contributed by atoms with Crippen LogP contribution in [0, 0.1) is 0 Å². The van der Waals surface area contributed by atoms with Crippen LogP contribution in [-0.2, 0) is 4.79 Å². The first-order valence-corrected chi connectivity index (χ1v) is 6.25. The lowest BCUT2D eigenvalue weighted by Gasteiger charge is -2.31. The number of nitrogens with zero attached hydrogens (tertiary/aromatic N) is 2. The molecular formula is C11H22N2OS. The van der Waals surface area contributed by atoms with Gasteiger partial charge in [0.25, 0.3) is 0 Å². The second kappa shape index (κ2) is 5.75. The first-order chi connectivity index (χ1) is 7.06. The quantitative estimate of drug-likeness (QED) is 0.722. The Bertz CT molecular complexity index is 221. The monoisotopic (exact) mass is 230 g/mol. The van der Waals surface area contributed by atoms with Crippen molar-refractivity contribution in [1.29, 1.82) is 0 Å². The molecule has 3 nitrogen and oxygen atoms in total. The van der Waals surface area contributed by atoms with Crippen molar-refractivity contribution in [3.63, 3.8) is 0 Å². The van der Waals surface area contributed by atoms with Crippen LogP contribution in [0.3, 0.4) is 0 Å². The average molecular weight is 230 g/mol. The maximum absolute atomic E-state index is 12.0. The average Bonchev–Trinajstić information content (AvgIpc) is 2.38. The summed E-state index contributed by atoms with van der Waals surface area (Å²) < 4.78 is 0. The Hall–Kier alpha value is -0.220. The van der Waals surface area contributed by atoms with Crippen molar-refractivity contribution in [2.45, 2.75) is 38.0 Å². The van der Waals surface area contributed by atoms with E-state index in [1.54, 1.807) is 0 Å². The molecule has 1 saturated heterocycles. The SMILES string of the molecule is CCC1CN(C)CCCN1C(=O)C(C)S. The van der Waals surface area contributed by atoms with Crippen LogP contribution < -0.4 is 0 Å². The Kier molecular flexibility index (Phi) is 4.93. The molecule has 0 spiro atoms. The van der Waals surface area contributed by atoms with Crippen molar-refractivity contribution in [2.75, 3.05) is 26.7 Å². The highest BCUT2D eigenvalue weighted by molar-refractivity contribution is 7.81. The minimum Gasteiger partial charge on any atom is -0.337 e. The molecule has 0 saturated carbocycles. The Morgan fingerprint density at radius 3 is 2.73 bits per heavy atom. The standard InChI is InChI=1S/C11H22N2OS/c1-4-10-8-12(3)6-5-7-13(10)11(14)9(2)15/h9-10,15H,4-8H2,1-3H3. The maximum Gasteiger partial charge on any atom is 0.235 e. The fraction of sp³-hybridized carbons (Fsp3) is 0.909. The van der Waals surface area contributed by atoms with Gasteiger partial charge in [-0.25, -0.2) is 0 Å². The number of thiol groups is 1. The van der Waals surface area contributed by atoms with Crippen molar-refractivity contribution < 1.29 is 4.79 Å². The molecule has 0 radical (unpaired) electrons. The second-order valence-corrected chi connectivity index (χ2v) is 5.16. The normalized spacial score (nSPS) is 26.1. The molecule has 1 heterocycles. The smallest absolute Gasteiger partial charge is 0.235 e. The highest BCUT2D eigenvalue weighted by atomic mass is 32.1. The van der Waals surface area contributed by atoms with Gasteiger partial charge in [-0.05, 0) is 33.4 Å². The Morgan fingerprint density at radius 2 is 2.20 bits per heavy atom. The molecule has 0 bridgehead atoms. The molecule has 0 N–H and O–H groups in total. The van der Waals surface area contributed by atoms with Crippen LogP contribution in [0.5, 0.6) is 0 Å². The fourth-order valence-corrected chi connectivity index (χ4v) is 2.27. The molecule has 15 heavy (non-hydrogen) atoms. The van der Waals surface area contributed by atoms with Crippen molar-refractivity contribution in [3.8, 4) is 0 Å². The first kappa shape index (κ1) is 12.8. The molecule has 1 aliphatic heterocycles. The molecule has 88 valence electrons. The van der Waals surface area contributed by atoms with Crippen LogP contribution in [0.15, 0.2) is 0 Å². The molecule has 1 amide bonds. The summed E-state index contributed by atoms with van der Waals surface area (Å²) in [6.07, 6.45) is 2.09. The second-order valence-electron chi connectivity index (χ2n) is 4.39. The lowest BCUT2D eigenvalue weighted by Crippen LogP contribution is -2.46. The van der Waals surface area contributed by atoms with Gasteiger partial charge < -0.3 is 9.80 Å². The molecule has 2 unspecified atom stereocenters. The van der Waals surface area contributed by atoms with E-state index in [2.05, 4.69) is 31.5 Å². The van der Waals surface area contributed by atoms with Crippen LogP contribution in [0.1, 0.15) is 26.7 Å². The number of hydrogen-bond acceptors (Lipinski definition) is 3. The number of hydrogen-bond donors (Lipinski definition) is 1. The van der Waals surface area contributed by atoms with Crippen LogP contribution in [0.2, 0.25) is 0 Å². The van der Waals surface area contributed by atoms with Gasteiger partial charge in [-0.2, -0.15) is 12.6 Å². The highest BCUT2D eigenvalue weighted by Crippen LogP contribution is 2.14. The van der Waals surface area contributed by atoms with Crippen LogP contribution >= 0.6 is 12.6 Å². The van der Waals surface area contributed by atoms with Crippen molar-refractivity contribution in [1.82, 2.24) is 9.80 Å². The predicted octanol–water partition coefficient (Wildman–Crippen LogP) is 1.25. The molecular weight excluding hydrogens is 208 g/mol. The summed E-state index contributed by atoms with van der Waals surface area (Å²) in [6, 6.07) is 0.361. The number of rotatable bonds is 2. The van der Waals surface area contributed by atoms with E-state index in [9.17, 15) is 4.79 Å². The summed E-state index contributed by atoms with van der Waals surface area (Å²) in [4.78, 5) is 16.3. The zero-order valence-electron chi connectivity index (χ0n) is 9.94. The number of carbonyl (C=O) groups is 1. The summed E-state index contributed by atoms with van der Waals surface area (Å²) in [7, 11) is 2.13. The van der Waals surface area contributed by atoms with E-state index < -0.39 is 0 Å². The van der Waals surface area contributed by atoms with E-state index in [0.717, 1.165) is 32.5 Å². The molecule has 0 aromatic carbocycles. The summed E-state index contributed by atoms with van der Waals surface area (Å²) in [5.41, 5.74) is 0. The third-order valence-electron chi connectivity index (χ3n) is 3.01. The van der Waals surface area contributed by atoms with Gasteiger partial charge >= 0.3 is 0 Å². The third kappa shape index (κ3) is 3.38. The van der Waals surface area contributed by atoms with E-state index in [0.29, 0.717) is 6.04 Å². The summed E-state index contributed by atoms with van der Waals surface area (Å²) in [6.45, 7) is 6.95. The van der Waals surface area contributed by atoms with Gasteiger partial charge in [-0.3, -0.25) is 4.79 Å². The Morgan fingerprint density at radius 1 is 1.53 bits per heavy atom. The largest absolute Gasteiger partial charge is 0.337 e. The summed E-state index contributed by atoms with van der Waals surface area (Å²) in [5, 5.41) is -0.178. The maximum atomic E-state index is 12.0. The number of likely N-dealkylation sites (N-methyl/N-ethyl adjacent to an activating group) is 1. The van der Waals surface area contributed by atoms with E-state index >= 15 is 0 Å². The van der Waals surface area contributed by atoms with E-state index in [-0.39, 0.29) is 11.2 Å². The first-order valence-electron chi connectivity index (χ1n) is 5.73. The van der Waals surface area contributed by atoms with Gasteiger partial charge in [0, 0.05) is 19.1 Å².